The van der Waals surface area contributed by atoms with Crippen LogP contribution in [0, 0.1) is 96.9 Å². The van der Waals surface area contributed by atoms with Crippen molar-refractivity contribution >= 4 is 22.7 Å². The predicted octanol–water partition coefficient (Wildman–Crippen LogP) is 13.6. The van der Waals surface area contributed by atoms with Gasteiger partial charge in [0.15, 0.2) is 0 Å². The topological polar surface area (TPSA) is 4.93 Å². The first-order valence-corrected chi connectivity index (χ1v) is 17.4. The molecule has 3 aromatic heterocycles. The van der Waals surface area contributed by atoms with Crippen molar-refractivity contribution in [1.82, 2.24) is 4.57 Å². The number of benzene rings is 1. The van der Waals surface area contributed by atoms with E-state index in [0.29, 0.717) is 0 Å². The summed E-state index contributed by atoms with van der Waals surface area (Å²) < 4.78 is 2.24. The fourth-order valence-corrected chi connectivity index (χ4v) is 5.93. The molecule has 4 rings (SSSR count). The summed E-state index contributed by atoms with van der Waals surface area (Å²) in [5.41, 5.74) is 14.2. The minimum Gasteiger partial charge on any atom is -0.352 e. The zero-order valence-electron chi connectivity index (χ0n) is 31.6. The molecule has 3 heterocycles. The van der Waals surface area contributed by atoms with Crippen molar-refractivity contribution in [2.45, 2.75) is 138 Å². The van der Waals surface area contributed by atoms with E-state index < -0.39 is 0 Å². The first-order chi connectivity index (χ1) is 19.6. The lowest BCUT2D eigenvalue weighted by Crippen LogP contribution is -1.92. The quantitative estimate of drug-likeness (QED) is 0.186. The molecule has 0 saturated heterocycles. The Bertz CT molecular complexity index is 1080. The van der Waals surface area contributed by atoms with Crippen LogP contribution in [0.2, 0.25) is 0 Å². The summed E-state index contributed by atoms with van der Waals surface area (Å²) in [7, 11) is 2.12. The number of nitrogens with zero attached hydrogens (tertiary/aromatic N) is 1. The van der Waals surface area contributed by atoms with Crippen molar-refractivity contribution in [2.24, 2.45) is 7.05 Å². The fourth-order valence-electron chi connectivity index (χ4n) is 3.78. The summed E-state index contributed by atoms with van der Waals surface area (Å²) in [4.78, 5) is 5.85. The Kier molecular flexibility index (Phi) is 24.7. The summed E-state index contributed by atoms with van der Waals surface area (Å²) in [6, 6.07) is 8.36. The number of aromatic nitrogens is 1. The van der Waals surface area contributed by atoms with Crippen LogP contribution in [0.4, 0.5) is 0 Å². The third-order valence-electron chi connectivity index (χ3n) is 7.93. The Morgan fingerprint density at radius 1 is 0.381 bits per heavy atom. The number of thiophene rings is 2. The summed E-state index contributed by atoms with van der Waals surface area (Å²) in [5.74, 6) is 0. The summed E-state index contributed by atoms with van der Waals surface area (Å²) in [6.45, 7) is 42.4. The van der Waals surface area contributed by atoms with Gasteiger partial charge in [0.2, 0.25) is 0 Å². The zero-order chi connectivity index (χ0) is 33.9. The van der Waals surface area contributed by atoms with Crippen LogP contribution in [-0.4, -0.2) is 4.57 Å². The summed E-state index contributed by atoms with van der Waals surface area (Å²) in [6.07, 6.45) is 0. The Morgan fingerprint density at radius 2 is 0.595 bits per heavy atom. The molecule has 0 N–H and O–H groups in total. The van der Waals surface area contributed by atoms with Gasteiger partial charge in [0, 0.05) is 37.9 Å². The second-order valence-electron chi connectivity index (χ2n) is 9.99. The highest BCUT2D eigenvalue weighted by atomic mass is 32.1. The molecule has 0 bridgehead atoms. The molecule has 0 radical (unpaired) electrons. The Labute approximate surface area is 271 Å². The minimum absolute atomic E-state index is 1.37. The van der Waals surface area contributed by atoms with Gasteiger partial charge in [0.1, 0.15) is 0 Å². The normalized spacial score (nSPS) is 9.07. The third kappa shape index (κ3) is 13.9. The van der Waals surface area contributed by atoms with E-state index >= 15 is 0 Å². The molecule has 42 heavy (non-hydrogen) atoms. The van der Waals surface area contributed by atoms with Gasteiger partial charge in [0.25, 0.3) is 0 Å². The molecule has 1 aromatic carbocycles. The molecule has 0 saturated carbocycles. The van der Waals surface area contributed by atoms with Gasteiger partial charge in [-0.25, -0.2) is 0 Å². The molecule has 1 nitrogen and oxygen atoms in total. The highest BCUT2D eigenvalue weighted by molar-refractivity contribution is 7.12. The molecule has 0 aliphatic rings. The van der Waals surface area contributed by atoms with E-state index in [1.807, 2.05) is 64.2 Å². The molecule has 4 aromatic rings. The van der Waals surface area contributed by atoms with E-state index in [1.54, 1.807) is 0 Å². The lowest BCUT2D eigenvalue weighted by Gasteiger charge is -1.98. The SMILES string of the molecule is CC.CC.CC.Cc1c(C)c(C)n(C)c1C.Cc1ccccc1C.Cc1sc(C)c(C)c1C.Cc1sc(C)c(C)c1C. The van der Waals surface area contributed by atoms with Crippen LogP contribution >= 0.6 is 22.7 Å². The van der Waals surface area contributed by atoms with Crippen LogP contribution in [0.25, 0.3) is 0 Å². The molecule has 3 heteroatoms. The lowest BCUT2D eigenvalue weighted by atomic mass is 10.1. The smallest absolute Gasteiger partial charge is 0.0175 e. The van der Waals surface area contributed by atoms with Gasteiger partial charge in [-0.05, 0) is 141 Å². The van der Waals surface area contributed by atoms with E-state index in [0.717, 1.165) is 0 Å². The van der Waals surface area contributed by atoms with Gasteiger partial charge in [-0.15, -0.1) is 22.7 Å². The molecule has 0 aliphatic heterocycles. The lowest BCUT2D eigenvalue weighted by molar-refractivity contribution is 0.838. The van der Waals surface area contributed by atoms with Crippen molar-refractivity contribution in [3.8, 4) is 0 Å². The Morgan fingerprint density at radius 3 is 0.690 bits per heavy atom. The van der Waals surface area contributed by atoms with Gasteiger partial charge in [0.05, 0.1) is 0 Å². The Balaban J connectivity index is -0.000000456. The van der Waals surface area contributed by atoms with E-state index in [2.05, 4.69) is 133 Å². The van der Waals surface area contributed by atoms with E-state index in [4.69, 9.17) is 0 Å². The van der Waals surface area contributed by atoms with Crippen LogP contribution in [0.3, 0.4) is 0 Å². The van der Waals surface area contributed by atoms with Crippen LogP contribution in [0.5, 0.6) is 0 Å². The number of hydrogen-bond donors (Lipinski definition) is 0. The van der Waals surface area contributed by atoms with E-state index in [9.17, 15) is 0 Å². The third-order valence-corrected chi connectivity index (χ3v) is 10.4. The fraction of sp³-hybridized carbons (Fsp3) is 0.538. The van der Waals surface area contributed by atoms with Crippen LogP contribution in [0.1, 0.15) is 117 Å². The maximum atomic E-state index is 2.24. The predicted molar refractivity (Wildman–Crippen MR) is 201 cm³/mol. The molecule has 240 valence electrons. The van der Waals surface area contributed by atoms with Crippen molar-refractivity contribution < 1.29 is 0 Å². The van der Waals surface area contributed by atoms with Gasteiger partial charge < -0.3 is 4.57 Å². The van der Waals surface area contributed by atoms with Gasteiger partial charge >= 0.3 is 0 Å². The van der Waals surface area contributed by atoms with Crippen molar-refractivity contribution in [2.75, 3.05) is 0 Å². The van der Waals surface area contributed by atoms with Gasteiger partial charge in [-0.3, -0.25) is 0 Å². The molecule has 0 atom stereocenters. The number of rotatable bonds is 0. The highest BCUT2D eigenvalue weighted by Crippen LogP contribution is 2.25. The molecule has 0 aliphatic carbocycles. The van der Waals surface area contributed by atoms with Crippen molar-refractivity contribution in [3.05, 3.63) is 99.7 Å². The van der Waals surface area contributed by atoms with E-state index in [-0.39, 0.29) is 0 Å². The molecule has 0 unspecified atom stereocenters. The monoisotopic (exact) mass is 613 g/mol. The molecule has 0 amide bonds. The van der Waals surface area contributed by atoms with Crippen LogP contribution in [-0.2, 0) is 7.05 Å². The molecular formula is C39H67NS2. The number of hydrogen-bond acceptors (Lipinski definition) is 2. The molecule has 0 fully saturated rings. The highest BCUT2D eigenvalue weighted by Gasteiger charge is 2.06. The van der Waals surface area contributed by atoms with Crippen molar-refractivity contribution in [1.29, 1.82) is 0 Å². The minimum atomic E-state index is 1.37. The van der Waals surface area contributed by atoms with Crippen LogP contribution < -0.4 is 0 Å². The summed E-state index contributed by atoms with van der Waals surface area (Å²) >= 11 is 3.79. The zero-order valence-corrected chi connectivity index (χ0v) is 33.2. The van der Waals surface area contributed by atoms with E-state index in [1.165, 1.54) is 75.4 Å². The Hall–Kier alpha value is -2.10. The first-order valence-electron chi connectivity index (χ1n) is 15.8. The van der Waals surface area contributed by atoms with Crippen LogP contribution in [0.15, 0.2) is 24.3 Å². The second kappa shape index (κ2) is 23.4. The van der Waals surface area contributed by atoms with Gasteiger partial charge in [-0.2, -0.15) is 0 Å². The van der Waals surface area contributed by atoms with Gasteiger partial charge in [-0.1, -0.05) is 65.8 Å². The average Bonchev–Trinajstić information content (AvgIpc) is 3.44. The molecule has 0 spiro atoms. The second-order valence-corrected chi connectivity index (χ2v) is 12.9. The first kappa shape index (κ1) is 44.3. The maximum absolute atomic E-state index is 2.24. The standard InChI is InChI=1S/C9H15N.2C8H12S.C8H10.3C2H6/c1-6-7(2)9(4)10(5)8(6)3;2*1-5-6(2)8(4)9-7(5)3;1-7-5-3-4-6-8(7)2;3*1-2/h1-5H3;2*1-4H3;3-6H,1-2H3;3*1-2H3. The average molecular weight is 614 g/mol. The maximum Gasteiger partial charge on any atom is 0.0175 e. The van der Waals surface area contributed by atoms with Crippen molar-refractivity contribution in [3.63, 3.8) is 0 Å². The largest absolute Gasteiger partial charge is 0.352 e. The summed E-state index contributed by atoms with van der Waals surface area (Å²) in [5, 5.41) is 0. The number of aryl methyl sites for hydroxylation is 6. The molecular weight excluding hydrogens is 547 g/mol.